The van der Waals surface area contributed by atoms with Crippen LogP contribution in [0.5, 0.6) is 5.75 Å². The van der Waals surface area contributed by atoms with Crippen LogP contribution < -0.4 is 5.32 Å². The maximum atomic E-state index is 13.0. The van der Waals surface area contributed by atoms with Gasteiger partial charge in [-0.1, -0.05) is 41.5 Å². The number of Topliss-reactive ketones (excluding diaryl/α,β-unsaturated/α-hetero) is 1. The van der Waals surface area contributed by atoms with Gasteiger partial charge in [0.05, 0.1) is 6.04 Å². The first-order valence-corrected chi connectivity index (χ1v) is 11.0. The summed E-state index contributed by atoms with van der Waals surface area (Å²) in [5.74, 6) is 0.555. The lowest BCUT2D eigenvalue weighted by Crippen LogP contribution is -2.49. The average molecular weight is 415 g/mol. The largest absolute Gasteiger partial charge is 0.507 e. The Morgan fingerprint density at radius 3 is 2.14 bits per heavy atom. The van der Waals surface area contributed by atoms with Gasteiger partial charge in [0.1, 0.15) is 5.75 Å². The van der Waals surface area contributed by atoms with Gasteiger partial charge in [-0.05, 0) is 71.6 Å². The molecule has 158 valence electrons. The van der Waals surface area contributed by atoms with E-state index < -0.39 is 0 Å². The van der Waals surface area contributed by atoms with E-state index >= 15 is 0 Å². The van der Waals surface area contributed by atoms with E-state index in [1.54, 1.807) is 0 Å². The normalized spacial score (nSPS) is 20.7. The number of hydrogen-bond donors (Lipinski definition) is 2. The first-order chi connectivity index (χ1) is 13.4. The minimum absolute atomic E-state index is 0.201. The second kappa shape index (κ2) is 7.42. The molecular weight excluding hydrogens is 380 g/mol. The van der Waals surface area contributed by atoms with Crippen molar-refractivity contribution in [1.82, 2.24) is 10.2 Å². The standard InChI is InChI=1S/C24H34N2O2S/c1-8-26-17-10-9-11-18(27)19(17)20(25-22(26)29)14-12-15(23(2,3)4)21(28)16(13-14)24(5,6)7/h12-13,20,28H,8-11H2,1-7H3,(H,25,29). The van der Waals surface area contributed by atoms with Crippen molar-refractivity contribution in [2.24, 2.45) is 0 Å². The molecule has 0 radical (unpaired) electrons. The van der Waals surface area contributed by atoms with Crippen LogP contribution >= 0.6 is 12.2 Å². The first kappa shape index (κ1) is 21.8. The van der Waals surface area contributed by atoms with Crippen molar-refractivity contribution in [2.75, 3.05) is 6.54 Å². The van der Waals surface area contributed by atoms with Crippen molar-refractivity contribution in [3.63, 3.8) is 0 Å². The number of allylic oxidation sites excluding steroid dienone is 1. The average Bonchev–Trinajstić information content (AvgIpc) is 2.59. The lowest BCUT2D eigenvalue weighted by atomic mass is 9.76. The Bertz CT molecular complexity index is 852. The second-order valence-corrected chi connectivity index (χ2v) is 10.6. The molecule has 0 spiro atoms. The number of aromatic hydroxyl groups is 1. The van der Waals surface area contributed by atoms with Crippen LogP contribution in [0.2, 0.25) is 0 Å². The number of nitrogens with one attached hydrogen (secondary N) is 1. The molecule has 2 aliphatic rings. The van der Waals surface area contributed by atoms with Crippen molar-refractivity contribution < 1.29 is 9.90 Å². The van der Waals surface area contributed by atoms with Gasteiger partial charge in [-0.2, -0.15) is 0 Å². The quantitative estimate of drug-likeness (QED) is 0.648. The molecule has 1 aliphatic carbocycles. The fourth-order valence-corrected chi connectivity index (χ4v) is 4.76. The molecule has 1 aromatic carbocycles. The monoisotopic (exact) mass is 414 g/mol. The summed E-state index contributed by atoms with van der Waals surface area (Å²) in [4.78, 5) is 15.1. The lowest BCUT2D eigenvalue weighted by Gasteiger charge is -2.41. The van der Waals surface area contributed by atoms with Crippen molar-refractivity contribution in [3.8, 4) is 5.75 Å². The molecule has 0 amide bonds. The van der Waals surface area contributed by atoms with Gasteiger partial charge in [0.25, 0.3) is 0 Å². The van der Waals surface area contributed by atoms with Gasteiger partial charge in [0.2, 0.25) is 0 Å². The van der Waals surface area contributed by atoms with E-state index in [4.69, 9.17) is 12.2 Å². The predicted molar refractivity (Wildman–Crippen MR) is 122 cm³/mol. The molecule has 5 heteroatoms. The number of ketones is 1. The van der Waals surface area contributed by atoms with Crippen molar-refractivity contribution in [2.45, 2.75) is 84.6 Å². The van der Waals surface area contributed by atoms with Gasteiger partial charge < -0.3 is 15.3 Å². The SMILES string of the molecule is CCN1C(=S)NC(c2cc(C(C)(C)C)c(O)c(C(C)(C)C)c2)C2=C1CCCC2=O. The maximum Gasteiger partial charge on any atom is 0.173 e. The molecule has 0 aromatic heterocycles. The summed E-state index contributed by atoms with van der Waals surface area (Å²) < 4.78 is 0. The Labute approximate surface area is 180 Å². The summed E-state index contributed by atoms with van der Waals surface area (Å²) >= 11 is 5.67. The molecule has 1 unspecified atom stereocenters. The van der Waals surface area contributed by atoms with E-state index in [-0.39, 0.29) is 22.7 Å². The number of carbonyl (C=O) groups excluding carboxylic acids is 1. The highest BCUT2D eigenvalue weighted by Crippen LogP contribution is 2.44. The molecular formula is C24H34N2O2S. The van der Waals surface area contributed by atoms with Gasteiger partial charge in [-0.3, -0.25) is 4.79 Å². The van der Waals surface area contributed by atoms with Gasteiger partial charge in [0, 0.05) is 24.2 Å². The summed E-state index contributed by atoms with van der Waals surface area (Å²) in [5, 5.41) is 15.2. The zero-order valence-electron chi connectivity index (χ0n) is 18.8. The van der Waals surface area contributed by atoms with Crippen LogP contribution in [0, 0.1) is 0 Å². The highest BCUT2D eigenvalue weighted by molar-refractivity contribution is 7.80. The number of phenols is 1. The third-order valence-electron chi connectivity index (χ3n) is 5.95. The lowest BCUT2D eigenvalue weighted by molar-refractivity contribution is -0.116. The number of benzene rings is 1. The van der Waals surface area contributed by atoms with Crippen LogP contribution in [0.15, 0.2) is 23.4 Å². The summed E-state index contributed by atoms with van der Waals surface area (Å²) in [6, 6.07) is 3.84. The topological polar surface area (TPSA) is 52.6 Å². The Kier molecular flexibility index (Phi) is 5.59. The van der Waals surface area contributed by atoms with E-state index in [9.17, 15) is 9.90 Å². The molecule has 2 N–H and O–H groups in total. The Morgan fingerprint density at radius 2 is 1.66 bits per heavy atom. The second-order valence-electron chi connectivity index (χ2n) is 10.2. The summed E-state index contributed by atoms with van der Waals surface area (Å²) in [5.41, 5.74) is 4.26. The molecule has 0 saturated heterocycles. The summed E-state index contributed by atoms with van der Waals surface area (Å²) in [7, 11) is 0. The predicted octanol–water partition coefficient (Wildman–Crippen LogP) is 5.25. The Hall–Kier alpha value is -1.88. The fraction of sp³-hybridized carbons (Fsp3) is 0.583. The third kappa shape index (κ3) is 3.94. The van der Waals surface area contributed by atoms with Crippen LogP contribution in [0.25, 0.3) is 0 Å². The zero-order chi connectivity index (χ0) is 21.7. The highest BCUT2D eigenvalue weighted by Gasteiger charge is 2.38. The highest BCUT2D eigenvalue weighted by atomic mass is 32.1. The first-order valence-electron chi connectivity index (χ1n) is 10.6. The molecule has 1 aliphatic heterocycles. The molecule has 1 heterocycles. The van der Waals surface area contributed by atoms with Gasteiger partial charge in [0.15, 0.2) is 10.9 Å². The van der Waals surface area contributed by atoms with E-state index in [1.807, 2.05) is 0 Å². The molecule has 29 heavy (non-hydrogen) atoms. The third-order valence-corrected chi connectivity index (χ3v) is 6.29. The number of phenolic OH excluding ortho intramolecular Hbond substituents is 1. The number of nitrogens with zero attached hydrogens (tertiary/aromatic N) is 1. The van der Waals surface area contributed by atoms with Crippen LogP contribution in [-0.2, 0) is 15.6 Å². The minimum Gasteiger partial charge on any atom is -0.507 e. The zero-order valence-corrected chi connectivity index (χ0v) is 19.6. The van der Waals surface area contributed by atoms with Crippen molar-refractivity contribution >= 4 is 23.1 Å². The number of rotatable bonds is 2. The van der Waals surface area contributed by atoms with Gasteiger partial charge in [-0.25, -0.2) is 0 Å². The molecule has 0 bridgehead atoms. The number of carbonyl (C=O) groups is 1. The van der Waals surface area contributed by atoms with Gasteiger partial charge >= 0.3 is 0 Å². The van der Waals surface area contributed by atoms with Crippen molar-refractivity contribution in [1.29, 1.82) is 0 Å². The minimum atomic E-state index is -0.268. The van der Waals surface area contributed by atoms with E-state index in [0.717, 1.165) is 47.3 Å². The molecule has 3 rings (SSSR count). The maximum absolute atomic E-state index is 13.0. The summed E-state index contributed by atoms with van der Waals surface area (Å²) in [6.07, 6.45) is 2.33. The molecule has 4 nitrogen and oxygen atoms in total. The van der Waals surface area contributed by atoms with Gasteiger partial charge in [-0.15, -0.1) is 0 Å². The van der Waals surface area contributed by atoms with E-state index in [1.165, 1.54) is 0 Å². The molecule has 0 saturated carbocycles. The molecule has 1 aromatic rings. The smallest absolute Gasteiger partial charge is 0.173 e. The van der Waals surface area contributed by atoms with E-state index in [0.29, 0.717) is 17.3 Å². The van der Waals surface area contributed by atoms with E-state index in [2.05, 4.69) is 70.8 Å². The Morgan fingerprint density at radius 1 is 1.10 bits per heavy atom. The number of hydrogen-bond acceptors (Lipinski definition) is 3. The Balaban J connectivity index is 2.26. The number of thiocarbonyl (C=S) groups is 1. The fourth-order valence-electron chi connectivity index (χ4n) is 4.40. The molecule has 1 atom stereocenters. The van der Waals surface area contributed by atoms with Crippen LogP contribution in [0.3, 0.4) is 0 Å². The molecule has 0 fully saturated rings. The van der Waals surface area contributed by atoms with Crippen LogP contribution in [-0.4, -0.2) is 27.4 Å². The van der Waals surface area contributed by atoms with Crippen LogP contribution in [0.4, 0.5) is 0 Å². The summed E-state index contributed by atoms with van der Waals surface area (Å²) in [6.45, 7) is 15.4. The van der Waals surface area contributed by atoms with Crippen LogP contribution in [0.1, 0.15) is 90.5 Å². The van der Waals surface area contributed by atoms with Crippen molar-refractivity contribution in [3.05, 3.63) is 40.1 Å².